The van der Waals surface area contributed by atoms with E-state index in [1.807, 2.05) is 24.3 Å². The molecule has 0 aromatic heterocycles. The molecular formula is C14H20N2O2. The summed E-state index contributed by atoms with van der Waals surface area (Å²) in [7, 11) is 0. The lowest BCUT2D eigenvalue weighted by Crippen LogP contribution is -2.25. The van der Waals surface area contributed by atoms with Gasteiger partial charge >= 0.3 is 0 Å². The van der Waals surface area contributed by atoms with Crippen molar-refractivity contribution in [3.8, 4) is 5.75 Å². The lowest BCUT2D eigenvalue weighted by Gasteiger charge is -2.11. The van der Waals surface area contributed by atoms with E-state index in [4.69, 9.17) is 10.5 Å². The average molecular weight is 248 g/mol. The van der Waals surface area contributed by atoms with Crippen LogP contribution in [0.25, 0.3) is 0 Å². The maximum atomic E-state index is 11.4. The molecule has 1 aliphatic rings. The summed E-state index contributed by atoms with van der Waals surface area (Å²) in [5, 5.41) is 2.84. The molecule has 1 aromatic carbocycles. The fraction of sp³-hybridized carbons (Fsp3) is 0.500. The number of nitrogens with two attached hydrogens (primary N) is 1. The van der Waals surface area contributed by atoms with Crippen molar-refractivity contribution < 1.29 is 9.53 Å². The number of para-hydroxylation sites is 1. The predicted octanol–water partition coefficient (Wildman–Crippen LogP) is 1.44. The van der Waals surface area contributed by atoms with Crippen molar-refractivity contribution in [2.45, 2.75) is 25.8 Å². The number of rotatable bonds is 7. The highest BCUT2D eigenvalue weighted by Crippen LogP contribution is 2.30. The van der Waals surface area contributed by atoms with Crippen molar-refractivity contribution in [3.05, 3.63) is 29.8 Å². The van der Waals surface area contributed by atoms with Crippen LogP contribution >= 0.6 is 0 Å². The van der Waals surface area contributed by atoms with Gasteiger partial charge in [0.2, 0.25) is 5.91 Å². The van der Waals surface area contributed by atoms with Gasteiger partial charge in [-0.25, -0.2) is 0 Å². The SMILES string of the molecule is NCCC(=O)NCc1ccccc1OCC1CC1. The first-order valence-electron chi connectivity index (χ1n) is 6.47. The smallest absolute Gasteiger partial charge is 0.221 e. The molecule has 3 N–H and O–H groups in total. The summed E-state index contributed by atoms with van der Waals surface area (Å²) in [5.74, 6) is 1.58. The monoisotopic (exact) mass is 248 g/mol. The zero-order chi connectivity index (χ0) is 12.8. The molecule has 1 saturated carbocycles. The van der Waals surface area contributed by atoms with Crippen molar-refractivity contribution in [3.63, 3.8) is 0 Å². The average Bonchev–Trinajstić information content (AvgIpc) is 3.19. The Hall–Kier alpha value is -1.55. The quantitative estimate of drug-likeness (QED) is 0.767. The van der Waals surface area contributed by atoms with Gasteiger partial charge in [-0.05, 0) is 24.8 Å². The van der Waals surface area contributed by atoms with Crippen LogP contribution in [0.5, 0.6) is 5.75 Å². The lowest BCUT2D eigenvalue weighted by atomic mass is 10.2. The molecule has 4 heteroatoms. The van der Waals surface area contributed by atoms with Crippen LogP contribution in [0.15, 0.2) is 24.3 Å². The standard InChI is InChI=1S/C14H20N2O2/c15-8-7-14(17)16-9-12-3-1-2-4-13(12)18-10-11-5-6-11/h1-4,11H,5-10,15H2,(H,16,17). The van der Waals surface area contributed by atoms with Crippen LogP contribution in [0, 0.1) is 5.92 Å². The minimum Gasteiger partial charge on any atom is -0.493 e. The van der Waals surface area contributed by atoms with E-state index >= 15 is 0 Å². The Morgan fingerprint density at radius 3 is 2.89 bits per heavy atom. The highest BCUT2D eigenvalue weighted by atomic mass is 16.5. The van der Waals surface area contributed by atoms with Gasteiger partial charge in [-0.2, -0.15) is 0 Å². The highest BCUT2D eigenvalue weighted by molar-refractivity contribution is 5.76. The fourth-order valence-electron chi connectivity index (χ4n) is 1.70. The first kappa shape index (κ1) is 12.9. The molecule has 18 heavy (non-hydrogen) atoms. The molecule has 0 saturated heterocycles. The van der Waals surface area contributed by atoms with Crippen LogP contribution in [-0.2, 0) is 11.3 Å². The molecule has 1 amide bonds. The minimum atomic E-state index is -0.0190. The summed E-state index contributed by atoms with van der Waals surface area (Å²) >= 11 is 0. The van der Waals surface area contributed by atoms with Gasteiger partial charge in [0.25, 0.3) is 0 Å². The Morgan fingerprint density at radius 2 is 2.17 bits per heavy atom. The van der Waals surface area contributed by atoms with E-state index in [1.165, 1.54) is 12.8 Å². The molecule has 0 radical (unpaired) electrons. The molecule has 1 aliphatic carbocycles. The van der Waals surface area contributed by atoms with Crippen LogP contribution in [-0.4, -0.2) is 19.1 Å². The molecule has 0 bridgehead atoms. The summed E-state index contributed by atoms with van der Waals surface area (Å²) in [6, 6.07) is 7.83. The minimum absolute atomic E-state index is 0.0190. The van der Waals surface area contributed by atoms with E-state index in [0.717, 1.165) is 23.8 Å². The highest BCUT2D eigenvalue weighted by Gasteiger charge is 2.22. The second kappa shape index (κ2) is 6.40. The third kappa shape index (κ3) is 4.04. The number of nitrogens with one attached hydrogen (secondary N) is 1. The number of ether oxygens (including phenoxy) is 1. The van der Waals surface area contributed by atoms with Crippen molar-refractivity contribution in [2.75, 3.05) is 13.2 Å². The molecule has 0 atom stereocenters. The van der Waals surface area contributed by atoms with Crippen molar-refractivity contribution in [1.82, 2.24) is 5.32 Å². The molecule has 0 aliphatic heterocycles. The first-order chi connectivity index (χ1) is 8.79. The van der Waals surface area contributed by atoms with Gasteiger partial charge in [-0.1, -0.05) is 18.2 Å². The molecule has 4 nitrogen and oxygen atoms in total. The van der Waals surface area contributed by atoms with Gasteiger partial charge < -0.3 is 15.8 Å². The van der Waals surface area contributed by atoms with Crippen LogP contribution in [0.4, 0.5) is 0 Å². The van der Waals surface area contributed by atoms with Crippen LogP contribution in [0.3, 0.4) is 0 Å². The summed E-state index contributed by atoms with van der Waals surface area (Å²) in [6.45, 7) is 1.67. The second-order valence-electron chi connectivity index (χ2n) is 4.68. The van der Waals surface area contributed by atoms with E-state index in [9.17, 15) is 4.79 Å². The van der Waals surface area contributed by atoms with Gasteiger partial charge in [-0.15, -0.1) is 0 Å². The Morgan fingerprint density at radius 1 is 1.39 bits per heavy atom. The molecule has 0 unspecified atom stereocenters. The second-order valence-corrected chi connectivity index (χ2v) is 4.68. The van der Waals surface area contributed by atoms with Crippen LogP contribution in [0.1, 0.15) is 24.8 Å². The van der Waals surface area contributed by atoms with Crippen LogP contribution in [0.2, 0.25) is 0 Å². The van der Waals surface area contributed by atoms with E-state index < -0.39 is 0 Å². The summed E-state index contributed by atoms with van der Waals surface area (Å²) in [4.78, 5) is 11.4. The normalized spacial score (nSPS) is 14.3. The van der Waals surface area contributed by atoms with Gasteiger partial charge in [0.05, 0.1) is 6.61 Å². The van der Waals surface area contributed by atoms with E-state index in [-0.39, 0.29) is 5.91 Å². The number of hydrogen-bond acceptors (Lipinski definition) is 3. The number of carbonyl (C=O) groups excluding carboxylic acids is 1. The molecule has 1 aromatic rings. The number of carbonyl (C=O) groups is 1. The van der Waals surface area contributed by atoms with Gasteiger partial charge in [0.15, 0.2) is 0 Å². The van der Waals surface area contributed by atoms with Crippen molar-refractivity contribution in [1.29, 1.82) is 0 Å². The topological polar surface area (TPSA) is 64.4 Å². The maximum Gasteiger partial charge on any atom is 0.221 e. The lowest BCUT2D eigenvalue weighted by molar-refractivity contribution is -0.121. The number of hydrogen-bond donors (Lipinski definition) is 2. The maximum absolute atomic E-state index is 11.4. The molecule has 0 heterocycles. The summed E-state index contributed by atoms with van der Waals surface area (Å²) < 4.78 is 5.78. The Kier molecular flexibility index (Phi) is 4.59. The summed E-state index contributed by atoms with van der Waals surface area (Å²) in [6.07, 6.45) is 2.91. The zero-order valence-corrected chi connectivity index (χ0v) is 10.5. The molecule has 2 rings (SSSR count). The van der Waals surface area contributed by atoms with Gasteiger partial charge in [0.1, 0.15) is 5.75 Å². The van der Waals surface area contributed by atoms with Crippen molar-refractivity contribution in [2.24, 2.45) is 11.7 Å². The Balaban J connectivity index is 1.87. The Bertz CT molecular complexity index is 403. The Labute approximate surface area is 108 Å². The largest absolute Gasteiger partial charge is 0.493 e. The summed E-state index contributed by atoms with van der Waals surface area (Å²) in [5.41, 5.74) is 6.35. The zero-order valence-electron chi connectivity index (χ0n) is 10.5. The van der Waals surface area contributed by atoms with Crippen molar-refractivity contribution >= 4 is 5.91 Å². The molecule has 1 fully saturated rings. The van der Waals surface area contributed by atoms with E-state index in [2.05, 4.69) is 5.32 Å². The van der Waals surface area contributed by atoms with E-state index in [0.29, 0.717) is 19.5 Å². The first-order valence-corrected chi connectivity index (χ1v) is 6.47. The fourth-order valence-corrected chi connectivity index (χ4v) is 1.70. The third-order valence-electron chi connectivity index (χ3n) is 2.99. The molecule has 0 spiro atoms. The predicted molar refractivity (Wildman–Crippen MR) is 70.2 cm³/mol. The number of benzene rings is 1. The van der Waals surface area contributed by atoms with Crippen LogP contribution < -0.4 is 15.8 Å². The number of amides is 1. The van der Waals surface area contributed by atoms with Gasteiger partial charge in [0, 0.05) is 25.1 Å². The molecular weight excluding hydrogens is 228 g/mol. The third-order valence-corrected chi connectivity index (χ3v) is 2.99. The van der Waals surface area contributed by atoms with E-state index in [1.54, 1.807) is 0 Å². The van der Waals surface area contributed by atoms with Gasteiger partial charge in [-0.3, -0.25) is 4.79 Å². The molecule has 98 valence electrons.